The number of aromatic hydroxyl groups is 1. The van der Waals surface area contributed by atoms with Crippen molar-refractivity contribution in [1.29, 1.82) is 0 Å². The average Bonchev–Trinajstić information content (AvgIpc) is 2.68. The maximum atomic E-state index is 11.8. The average molecular weight is 421 g/mol. The molecule has 29 heavy (non-hydrogen) atoms. The van der Waals surface area contributed by atoms with E-state index in [0.29, 0.717) is 12.0 Å². The van der Waals surface area contributed by atoms with E-state index in [0.717, 1.165) is 19.3 Å². The fourth-order valence-electron chi connectivity index (χ4n) is 3.34. The second-order valence-electron chi connectivity index (χ2n) is 7.39. The molecule has 5 nitrogen and oxygen atoms in total. The highest BCUT2D eigenvalue weighted by Gasteiger charge is 2.17. The number of hydrogen-bond donors (Lipinski definition) is 2. The van der Waals surface area contributed by atoms with Crippen molar-refractivity contribution in [2.45, 2.75) is 76.0 Å². The fourth-order valence-corrected chi connectivity index (χ4v) is 4.11. The maximum Gasteiger partial charge on any atom is 0.294 e. The van der Waals surface area contributed by atoms with Gasteiger partial charge >= 0.3 is 0 Å². The number of phenols is 1. The van der Waals surface area contributed by atoms with Gasteiger partial charge in [-0.05, 0) is 36.6 Å². The van der Waals surface area contributed by atoms with Gasteiger partial charge in [0.1, 0.15) is 10.6 Å². The minimum Gasteiger partial charge on any atom is -0.504 e. The molecule has 2 aromatic rings. The molecule has 0 saturated carbocycles. The van der Waals surface area contributed by atoms with Gasteiger partial charge in [-0.1, -0.05) is 76.5 Å². The predicted octanol–water partition coefficient (Wildman–Crippen LogP) is 6.50. The number of aryl methyl sites for hydroxylation is 1. The summed E-state index contributed by atoms with van der Waals surface area (Å²) >= 11 is 0. The number of phenolic OH excluding ortho intramolecular Hbond substituents is 1. The lowest BCUT2D eigenvalue weighted by atomic mass is 10.0. The van der Waals surface area contributed by atoms with Gasteiger partial charge in [-0.3, -0.25) is 4.55 Å². The van der Waals surface area contributed by atoms with Gasteiger partial charge in [-0.15, -0.1) is 0 Å². The van der Waals surface area contributed by atoms with Crippen LogP contribution in [0.25, 0.3) is 0 Å². The van der Waals surface area contributed by atoms with E-state index in [1.165, 1.54) is 50.7 Å². The van der Waals surface area contributed by atoms with Gasteiger partial charge in [0, 0.05) is 6.07 Å². The molecule has 0 aliphatic rings. The lowest BCUT2D eigenvalue weighted by Crippen LogP contribution is -2.04. The Bertz CT molecular complexity index is 861. The summed E-state index contributed by atoms with van der Waals surface area (Å²) in [6, 6.07) is 11.1. The van der Waals surface area contributed by atoms with Crippen LogP contribution in [0.3, 0.4) is 0 Å². The molecule has 2 N–H and O–H groups in total. The molecule has 0 amide bonds. The molecule has 0 aliphatic heterocycles. The molecule has 2 aromatic carbocycles. The molecule has 0 aliphatic carbocycles. The van der Waals surface area contributed by atoms with E-state index in [-0.39, 0.29) is 22.1 Å². The van der Waals surface area contributed by atoms with Crippen LogP contribution in [0.15, 0.2) is 47.4 Å². The van der Waals surface area contributed by atoms with Crippen molar-refractivity contribution >= 4 is 10.1 Å². The molecule has 160 valence electrons. The zero-order valence-electron chi connectivity index (χ0n) is 17.1. The summed E-state index contributed by atoms with van der Waals surface area (Å²) in [7, 11) is -4.36. The van der Waals surface area contributed by atoms with E-state index in [1.807, 2.05) is 0 Å². The Balaban J connectivity index is 1.92. The van der Waals surface area contributed by atoms with Crippen molar-refractivity contribution in [2.75, 3.05) is 0 Å². The molecule has 0 atom stereocenters. The second-order valence-corrected chi connectivity index (χ2v) is 8.78. The molecule has 0 unspecified atom stereocenters. The molecule has 2 rings (SSSR count). The highest BCUT2D eigenvalue weighted by atomic mass is 32.2. The molecule has 0 saturated heterocycles. The van der Waals surface area contributed by atoms with Crippen molar-refractivity contribution < 1.29 is 22.8 Å². The molecular formula is C23H32O5S. The number of para-hydroxylation sites is 2. The minimum atomic E-state index is -4.36. The first-order chi connectivity index (χ1) is 13.9. The van der Waals surface area contributed by atoms with Crippen LogP contribution >= 0.6 is 0 Å². The molecule has 0 heterocycles. The van der Waals surface area contributed by atoms with Crippen LogP contribution in [0.5, 0.6) is 17.2 Å². The van der Waals surface area contributed by atoms with Crippen LogP contribution in [0, 0.1) is 0 Å². The van der Waals surface area contributed by atoms with Crippen molar-refractivity contribution in [1.82, 2.24) is 0 Å². The van der Waals surface area contributed by atoms with Crippen LogP contribution in [0.2, 0.25) is 0 Å². The number of ether oxygens (including phenoxy) is 1. The Morgan fingerprint density at radius 1 is 0.862 bits per heavy atom. The molecule has 0 spiro atoms. The van der Waals surface area contributed by atoms with E-state index in [9.17, 15) is 18.1 Å². The monoisotopic (exact) mass is 420 g/mol. The van der Waals surface area contributed by atoms with Gasteiger partial charge < -0.3 is 9.84 Å². The number of rotatable bonds is 13. The SMILES string of the molecule is CCCCCCCCCCCc1ccc(Oc2ccccc2O)cc1S(=O)(=O)O. The Hall–Kier alpha value is -2.05. The first-order valence-electron chi connectivity index (χ1n) is 10.5. The summed E-state index contributed by atoms with van der Waals surface area (Å²) in [5, 5.41) is 9.81. The maximum absolute atomic E-state index is 11.8. The molecule has 6 heteroatoms. The third-order valence-corrected chi connectivity index (χ3v) is 5.90. The van der Waals surface area contributed by atoms with Crippen LogP contribution in [-0.2, 0) is 16.5 Å². The molecule has 0 fully saturated rings. The molecular weight excluding hydrogens is 388 g/mol. The zero-order chi connectivity index (χ0) is 21.1. The summed E-state index contributed by atoms with van der Waals surface area (Å²) in [6.45, 7) is 2.21. The number of hydrogen-bond acceptors (Lipinski definition) is 4. The second kappa shape index (κ2) is 11.8. The van der Waals surface area contributed by atoms with Crippen LogP contribution in [-0.4, -0.2) is 18.1 Å². The smallest absolute Gasteiger partial charge is 0.294 e. The van der Waals surface area contributed by atoms with Gasteiger partial charge in [-0.2, -0.15) is 8.42 Å². The highest BCUT2D eigenvalue weighted by molar-refractivity contribution is 7.85. The normalized spacial score (nSPS) is 11.5. The van der Waals surface area contributed by atoms with Crippen molar-refractivity contribution in [3.05, 3.63) is 48.0 Å². The van der Waals surface area contributed by atoms with E-state index in [4.69, 9.17) is 4.74 Å². The van der Waals surface area contributed by atoms with Gasteiger partial charge in [0.05, 0.1) is 0 Å². The summed E-state index contributed by atoms with van der Waals surface area (Å²) in [6.07, 6.45) is 11.3. The van der Waals surface area contributed by atoms with Crippen molar-refractivity contribution in [3.63, 3.8) is 0 Å². The molecule has 0 radical (unpaired) electrons. The van der Waals surface area contributed by atoms with Gasteiger partial charge in [0.25, 0.3) is 10.1 Å². The summed E-state index contributed by atoms with van der Waals surface area (Å²) in [4.78, 5) is -0.134. The largest absolute Gasteiger partial charge is 0.504 e. The molecule has 0 aromatic heterocycles. The quantitative estimate of drug-likeness (QED) is 0.285. The van der Waals surface area contributed by atoms with Gasteiger partial charge in [0.2, 0.25) is 0 Å². The van der Waals surface area contributed by atoms with Crippen LogP contribution in [0.1, 0.15) is 70.3 Å². The van der Waals surface area contributed by atoms with Crippen molar-refractivity contribution in [2.24, 2.45) is 0 Å². The molecule has 0 bridgehead atoms. The zero-order valence-corrected chi connectivity index (χ0v) is 18.0. The third-order valence-electron chi connectivity index (χ3n) is 4.96. The highest BCUT2D eigenvalue weighted by Crippen LogP contribution is 2.32. The number of benzene rings is 2. The first-order valence-corrected chi connectivity index (χ1v) is 11.9. The topological polar surface area (TPSA) is 83.8 Å². The Kier molecular flexibility index (Phi) is 9.48. The third kappa shape index (κ3) is 8.07. The Morgan fingerprint density at radius 2 is 1.48 bits per heavy atom. The van der Waals surface area contributed by atoms with E-state index < -0.39 is 10.1 Å². The van der Waals surface area contributed by atoms with Crippen LogP contribution in [0.4, 0.5) is 0 Å². The van der Waals surface area contributed by atoms with E-state index in [2.05, 4.69) is 6.92 Å². The van der Waals surface area contributed by atoms with E-state index in [1.54, 1.807) is 30.3 Å². The lowest BCUT2D eigenvalue weighted by molar-refractivity contribution is 0.410. The van der Waals surface area contributed by atoms with Crippen LogP contribution < -0.4 is 4.74 Å². The summed E-state index contributed by atoms with van der Waals surface area (Å²) in [5.74, 6) is 0.426. The standard InChI is InChI=1S/C23H32O5S/c1-2-3-4-5-6-7-8-9-10-13-19-16-17-20(18-23(19)29(25,26)27)28-22-15-12-11-14-21(22)24/h11-12,14-18,24H,2-10,13H2,1H3,(H,25,26,27). The fraction of sp³-hybridized carbons (Fsp3) is 0.478. The van der Waals surface area contributed by atoms with E-state index >= 15 is 0 Å². The van der Waals surface area contributed by atoms with Gasteiger partial charge in [0.15, 0.2) is 11.5 Å². The summed E-state index contributed by atoms with van der Waals surface area (Å²) in [5.41, 5.74) is 0.583. The lowest BCUT2D eigenvalue weighted by Gasteiger charge is -2.12. The summed E-state index contributed by atoms with van der Waals surface area (Å²) < 4.78 is 38.9. The Labute approximate surface area is 174 Å². The van der Waals surface area contributed by atoms with Gasteiger partial charge in [-0.25, -0.2) is 0 Å². The predicted molar refractivity (Wildman–Crippen MR) is 115 cm³/mol. The number of unbranched alkanes of at least 4 members (excludes halogenated alkanes) is 8. The first kappa shape index (κ1) is 23.2. The van der Waals surface area contributed by atoms with Crippen molar-refractivity contribution in [3.8, 4) is 17.2 Å². The minimum absolute atomic E-state index is 0.0420. The Morgan fingerprint density at radius 3 is 2.10 bits per heavy atom.